The standard InChI is InChI=1S/C11H17NOS/c1-7(2)11(13)9-5-6-10(14-9)12-8(3)4/h5-8,12H,1-4H3. The molecule has 0 aromatic carbocycles. The average Bonchev–Trinajstić information content (AvgIpc) is 2.50. The zero-order valence-corrected chi connectivity index (χ0v) is 9.94. The molecular weight excluding hydrogens is 194 g/mol. The molecule has 0 amide bonds. The van der Waals surface area contributed by atoms with Gasteiger partial charge in [0.1, 0.15) is 0 Å². The molecule has 1 aromatic rings. The van der Waals surface area contributed by atoms with Crippen LogP contribution in [0, 0.1) is 5.92 Å². The first kappa shape index (κ1) is 11.2. The van der Waals surface area contributed by atoms with Crippen LogP contribution in [-0.2, 0) is 0 Å². The summed E-state index contributed by atoms with van der Waals surface area (Å²) in [6.07, 6.45) is 0. The van der Waals surface area contributed by atoms with Gasteiger partial charge >= 0.3 is 0 Å². The first-order valence-corrected chi connectivity index (χ1v) is 5.73. The van der Waals surface area contributed by atoms with E-state index >= 15 is 0 Å². The Morgan fingerprint density at radius 2 is 1.93 bits per heavy atom. The van der Waals surface area contributed by atoms with E-state index in [0.717, 1.165) is 9.88 Å². The molecule has 1 rings (SSSR count). The predicted octanol–water partition coefficient (Wildman–Crippen LogP) is 3.41. The van der Waals surface area contributed by atoms with Crippen molar-refractivity contribution in [1.29, 1.82) is 0 Å². The molecule has 0 fully saturated rings. The highest BCUT2D eigenvalue weighted by Gasteiger charge is 2.12. The van der Waals surface area contributed by atoms with Crippen LogP contribution in [0.3, 0.4) is 0 Å². The van der Waals surface area contributed by atoms with Gasteiger partial charge in [0.15, 0.2) is 5.78 Å². The molecule has 0 bridgehead atoms. The molecule has 0 saturated heterocycles. The van der Waals surface area contributed by atoms with Crippen LogP contribution in [0.2, 0.25) is 0 Å². The number of ketones is 1. The maximum atomic E-state index is 11.6. The summed E-state index contributed by atoms with van der Waals surface area (Å²) < 4.78 is 0. The van der Waals surface area contributed by atoms with Crippen molar-refractivity contribution in [3.05, 3.63) is 17.0 Å². The lowest BCUT2D eigenvalue weighted by Crippen LogP contribution is -2.08. The summed E-state index contributed by atoms with van der Waals surface area (Å²) in [5.74, 6) is 0.312. The van der Waals surface area contributed by atoms with E-state index in [9.17, 15) is 4.79 Å². The van der Waals surface area contributed by atoms with E-state index in [2.05, 4.69) is 19.2 Å². The molecule has 0 spiro atoms. The lowest BCUT2D eigenvalue weighted by Gasteiger charge is -2.05. The molecule has 78 valence electrons. The number of nitrogens with one attached hydrogen (secondary N) is 1. The number of Topliss-reactive ketones (excluding diaryl/α,β-unsaturated/α-hetero) is 1. The third kappa shape index (κ3) is 2.84. The molecule has 0 atom stereocenters. The lowest BCUT2D eigenvalue weighted by molar-refractivity contribution is 0.0943. The fourth-order valence-corrected chi connectivity index (χ4v) is 2.26. The number of thiophene rings is 1. The highest BCUT2D eigenvalue weighted by molar-refractivity contribution is 7.18. The molecule has 1 heterocycles. The Kier molecular flexibility index (Phi) is 3.69. The first-order valence-electron chi connectivity index (χ1n) is 4.91. The van der Waals surface area contributed by atoms with Gasteiger partial charge in [0.25, 0.3) is 0 Å². The van der Waals surface area contributed by atoms with Gasteiger partial charge in [0.2, 0.25) is 0 Å². The molecule has 0 aliphatic heterocycles. The summed E-state index contributed by atoms with van der Waals surface area (Å²) in [6.45, 7) is 8.03. The normalized spacial score (nSPS) is 11.0. The monoisotopic (exact) mass is 211 g/mol. The molecule has 0 saturated carbocycles. The molecule has 14 heavy (non-hydrogen) atoms. The third-order valence-corrected chi connectivity index (χ3v) is 2.84. The Morgan fingerprint density at radius 1 is 1.29 bits per heavy atom. The van der Waals surface area contributed by atoms with Crippen molar-refractivity contribution in [1.82, 2.24) is 0 Å². The lowest BCUT2D eigenvalue weighted by atomic mass is 10.1. The van der Waals surface area contributed by atoms with Gasteiger partial charge in [-0.2, -0.15) is 0 Å². The number of rotatable bonds is 4. The van der Waals surface area contributed by atoms with Crippen molar-refractivity contribution in [2.24, 2.45) is 5.92 Å². The Hall–Kier alpha value is -0.830. The van der Waals surface area contributed by atoms with Crippen LogP contribution in [-0.4, -0.2) is 11.8 Å². The minimum atomic E-state index is 0.0838. The maximum Gasteiger partial charge on any atom is 0.175 e. The number of hydrogen-bond acceptors (Lipinski definition) is 3. The van der Waals surface area contributed by atoms with Crippen LogP contribution >= 0.6 is 11.3 Å². The second-order valence-electron chi connectivity index (χ2n) is 3.98. The summed E-state index contributed by atoms with van der Waals surface area (Å²) in [7, 11) is 0. The highest BCUT2D eigenvalue weighted by atomic mass is 32.1. The first-order chi connectivity index (χ1) is 6.50. The largest absolute Gasteiger partial charge is 0.375 e. The summed E-state index contributed by atoms with van der Waals surface area (Å²) in [5.41, 5.74) is 0. The predicted molar refractivity (Wildman–Crippen MR) is 62.2 cm³/mol. The van der Waals surface area contributed by atoms with Crippen LogP contribution in [0.15, 0.2) is 12.1 Å². The van der Waals surface area contributed by atoms with Crippen LogP contribution in [0.4, 0.5) is 5.00 Å². The summed E-state index contributed by atoms with van der Waals surface area (Å²) in [6, 6.07) is 4.29. The smallest absolute Gasteiger partial charge is 0.175 e. The Labute approximate surface area is 89.3 Å². The highest BCUT2D eigenvalue weighted by Crippen LogP contribution is 2.24. The van der Waals surface area contributed by atoms with Crippen LogP contribution < -0.4 is 5.32 Å². The maximum absolute atomic E-state index is 11.6. The molecule has 3 heteroatoms. The van der Waals surface area contributed by atoms with Gasteiger partial charge in [-0.3, -0.25) is 4.79 Å². The van der Waals surface area contributed by atoms with E-state index < -0.39 is 0 Å². The molecule has 1 aromatic heterocycles. The number of carbonyl (C=O) groups excluding carboxylic acids is 1. The molecule has 0 aliphatic rings. The van der Waals surface area contributed by atoms with Crippen molar-refractivity contribution >= 4 is 22.1 Å². The second-order valence-corrected chi connectivity index (χ2v) is 5.07. The molecule has 2 nitrogen and oxygen atoms in total. The van der Waals surface area contributed by atoms with Crippen molar-refractivity contribution in [3.8, 4) is 0 Å². The SMILES string of the molecule is CC(C)Nc1ccc(C(=O)C(C)C)s1. The van der Waals surface area contributed by atoms with Crippen molar-refractivity contribution in [2.45, 2.75) is 33.7 Å². The Bertz CT molecular complexity index is 315. The van der Waals surface area contributed by atoms with Gasteiger partial charge in [-0.1, -0.05) is 13.8 Å². The third-order valence-electron chi connectivity index (χ3n) is 1.80. The van der Waals surface area contributed by atoms with Crippen molar-refractivity contribution in [3.63, 3.8) is 0 Å². The van der Waals surface area contributed by atoms with E-state index in [0.29, 0.717) is 6.04 Å². The van der Waals surface area contributed by atoms with Gasteiger partial charge < -0.3 is 5.32 Å². The Morgan fingerprint density at radius 3 is 2.43 bits per heavy atom. The Balaban J connectivity index is 2.73. The number of hydrogen-bond donors (Lipinski definition) is 1. The van der Waals surface area contributed by atoms with E-state index in [-0.39, 0.29) is 11.7 Å². The fourth-order valence-electron chi connectivity index (χ4n) is 1.12. The minimum absolute atomic E-state index is 0.0838. The van der Waals surface area contributed by atoms with Gasteiger partial charge in [0, 0.05) is 12.0 Å². The van der Waals surface area contributed by atoms with E-state index in [4.69, 9.17) is 0 Å². The van der Waals surface area contributed by atoms with E-state index in [1.54, 1.807) is 0 Å². The van der Waals surface area contributed by atoms with Gasteiger partial charge in [-0.05, 0) is 26.0 Å². The molecule has 0 radical (unpaired) electrons. The number of anilines is 1. The zero-order chi connectivity index (χ0) is 10.7. The molecule has 0 aliphatic carbocycles. The van der Waals surface area contributed by atoms with E-state index in [1.165, 1.54) is 11.3 Å². The summed E-state index contributed by atoms with van der Waals surface area (Å²) in [5, 5.41) is 4.36. The van der Waals surface area contributed by atoms with Crippen LogP contribution in [0.25, 0.3) is 0 Å². The summed E-state index contributed by atoms with van der Waals surface area (Å²) >= 11 is 1.54. The molecule has 1 N–H and O–H groups in total. The second kappa shape index (κ2) is 4.60. The fraction of sp³-hybridized carbons (Fsp3) is 0.545. The van der Waals surface area contributed by atoms with Gasteiger partial charge in [-0.25, -0.2) is 0 Å². The zero-order valence-electron chi connectivity index (χ0n) is 9.13. The molecular formula is C11H17NOS. The van der Waals surface area contributed by atoms with Crippen LogP contribution in [0.1, 0.15) is 37.4 Å². The number of carbonyl (C=O) groups is 1. The van der Waals surface area contributed by atoms with Gasteiger partial charge in [-0.15, -0.1) is 11.3 Å². The van der Waals surface area contributed by atoms with Crippen molar-refractivity contribution < 1.29 is 4.79 Å². The van der Waals surface area contributed by atoms with E-state index in [1.807, 2.05) is 26.0 Å². The quantitative estimate of drug-likeness (QED) is 0.773. The van der Waals surface area contributed by atoms with Gasteiger partial charge in [0.05, 0.1) is 9.88 Å². The van der Waals surface area contributed by atoms with Crippen molar-refractivity contribution in [2.75, 3.05) is 5.32 Å². The molecule has 0 unspecified atom stereocenters. The van der Waals surface area contributed by atoms with Crippen LogP contribution in [0.5, 0.6) is 0 Å². The summed E-state index contributed by atoms with van der Waals surface area (Å²) in [4.78, 5) is 12.5. The average molecular weight is 211 g/mol. The minimum Gasteiger partial charge on any atom is -0.375 e. The topological polar surface area (TPSA) is 29.1 Å².